The smallest absolute Gasteiger partial charge is 0.308 e. The fraction of sp³-hybridized carbons (Fsp3) is 0.923. The molecule has 2 atom stereocenters. The Morgan fingerprint density at radius 1 is 0.700 bits per heavy atom. The highest BCUT2D eigenvalue weighted by atomic mass is 16.5. The van der Waals surface area contributed by atoms with Crippen molar-refractivity contribution in [2.24, 2.45) is 34.5 Å². The summed E-state index contributed by atoms with van der Waals surface area (Å²) in [4.78, 5) is 24.7. The molecule has 0 aromatic heterocycles. The van der Waals surface area contributed by atoms with Crippen LogP contribution in [-0.4, -0.2) is 25.2 Å². The van der Waals surface area contributed by atoms with E-state index in [2.05, 4.69) is 55.4 Å². The predicted octanol–water partition coefficient (Wildman–Crippen LogP) is 6.80. The molecule has 0 bridgehead atoms. The van der Waals surface area contributed by atoms with Crippen LogP contribution in [0.2, 0.25) is 0 Å². The maximum Gasteiger partial charge on any atom is 0.308 e. The Labute approximate surface area is 185 Å². The van der Waals surface area contributed by atoms with Gasteiger partial charge in [-0.25, -0.2) is 0 Å². The molecular formula is C26H48O4. The van der Waals surface area contributed by atoms with Crippen molar-refractivity contribution in [3.8, 4) is 0 Å². The molecule has 1 aliphatic rings. The van der Waals surface area contributed by atoms with Gasteiger partial charge in [0.1, 0.15) is 0 Å². The Kier molecular flexibility index (Phi) is 10.9. The highest BCUT2D eigenvalue weighted by molar-refractivity contribution is 5.75. The molecule has 0 saturated heterocycles. The molecule has 0 aliphatic heterocycles. The molecule has 1 rings (SSSR count). The number of ether oxygens (including phenoxy) is 2. The number of esters is 2. The van der Waals surface area contributed by atoms with E-state index in [1.807, 2.05) is 0 Å². The summed E-state index contributed by atoms with van der Waals surface area (Å²) in [6.45, 7) is 18.9. The molecule has 0 radical (unpaired) electrons. The van der Waals surface area contributed by atoms with E-state index in [1.54, 1.807) is 0 Å². The van der Waals surface area contributed by atoms with Gasteiger partial charge in [-0.15, -0.1) is 0 Å². The Balaban J connectivity index is 2.22. The highest BCUT2D eigenvalue weighted by Gasteiger charge is 2.31. The lowest BCUT2D eigenvalue weighted by Gasteiger charge is -2.27. The summed E-state index contributed by atoms with van der Waals surface area (Å²) < 4.78 is 11.1. The predicted molar refractivity (Wildman–Crippen MR) is 123 cm³/mol. The summed E-state index contributed by atoms with van der Waals surface area (Å²) >= 11 is 0. The zero-order valence-corrected chi connectivity index (χ0v) is 21.0. The normalized spacial score (nSPS) is 22.3. The Hall–Kier alpha value is -1.06. The second-order valence-electron chi connectivity index (χ2n) is 12.2. The average molecular weight is 425 g/mol. The van der Waals surface area contributed by atoms with E-state index in [0.717, 1.165) is 51.4 Å². The number of carbonyl (C=O) groups excluding carboxylic acids is 2. The first-order chi connectivity index (χ1) is 13.8. The molecular weight excluding hydrogens is 376 g/mol. The topological polar surface area (TPSA) is 52.6 Å². The SMILES string of the molecule is C[C@H](CCOC(=O)C1CCC(C(=O)OCC[C@H](C)CC(C)(C)C)CC1)CC(C)(C)C. The monoisotopic (exact) mass is 424 g/mol. The van der Waals surface area contributed by atoms with Gasteiger partial charge in [-0.2, -0.15) is 0 Å². The second-order valence-corrected chi connectivity index (χ2v) is 12.2. The minimum atomic E-state index is -0.0826. The van der Waals surface area contributed by atoms with Gasteiger partial charge < -0.3 is 9.47 Å². The van der Waals surface area contributed by atoms with Crippen LogP contribution in [0, 0.1) is 34.5 Å². The average Bonchev–Trinajstić information content (AvgIpc) is 2.58. The fourth-order valence-electron chi connectivity index (χ4n) is 4.82. The van der Waals surface area contributed by atoms with Crippen molar-refractivity contribution in [1.29, 1.82) is 0 Å². The van der Waals surface area contributed by atoms with Crippen LogP contribution in [0.1, 0.15) is 107 Å². The summed E-state index contributed by atoms with van der Waals surface area (Å²) in [5.74, 6) is 0.822. The van der Waals surface area contributed by atoms with Gasteiger partial charge in [0.2, 0.25) is 0 Å². The molecule has 0 aromatic rings. The quantitative estimate of drug-likeness (QED) is 0.362. The van der Waals surface area contributed by atoms with Crippen molar-refractivity contribution < 1.29 is 19.1 Å². The maximum atomic E-state index is 12.4. The molecule has 0 heterocycles. The molecule has 1 fully saturated rings. The number of hydrogen-bond acceptors (Lipinski definition) is 4. The van der Waals surface area contributed by atoms with Crippen LogP contribution in [0.4, 0.5) is 0 Å². The van der Waals surface area contributed by atoms with E-state index in [9.17, 15) is 9.59 Å². The third-order valence-electron chi connectivity index (χ3n) is 6.03. The second kappa shape index (κ2) is 12.1. The third-order valence-corrected chi connectivity index (χ3v) is 6.03. The van der Waals surface area contributed by atoms with Crippen LogP contribution in [0.3, 0.4) is 0 Å². The Morgan fingerprint density at radius 2 is 1.00 bits per heavy atom. The molecule has 4 nitrogen and oxygen atoms in total. The first-order valence-corrected chi connectivity index (χ1v) is 12.1. The van der Waals surface area contributed by atoms with Crippen LogP contribution in [0.5, 0.6) is 0 Å². The van der Waals surface area contributed by atoms with E-state index >= 15 is 0 Å². The summed E-state index contributed by atoms with van der Waals surface area (Å²) in [6.07, 6.45) is 7.02. The summed E-state index contributed by atoms with van der Waals surface area (Å²) in [7, 11) is 0. The van der Waals surface area contributed by atoms with Crippen LogP contribution < -0.4 is 0 Å². The first kappa shape index (κ1) is 27.0. The molecule has 30 heavy (non-hydrogen) atoms. The summed E-state index contributed by atoms with van der Waals surface area (Å²) in [5.41, 5.74) is 0.613. The van der Waals surface area contributed by atoms with Crippen LogP contribution in [0.15, 0.2) is 0 Å². The van der Waals surface area contributed by atoms with Crippen molar-refractivity contribution in [2.45, 2.75) is 107 Å². The van der Waals surface area contributed by atoms with Crippen molar-refractivity contribution >= 4 is 11.9 Å². The minimum absolute atomic E-state index is 0.0567. The largest absolute Gasteiger partial charge is 0.465 e. The van der Waals surface area contributed by atoms with E-state index < -0.39 is 0 Å². The fourth-order valence-corrected chi connectivity index (χ4v) is 4.82. The molecule has 0 unspecified atom stereocenters. The molecule has 1 aliphatic carbocycles. The maximum absolute atomic E-state index is 12.4. The standard InChI is InChI=1S/C26H48O4/c1-19(17-25(3,4)5)13-15-29-23(27)21-9-11-22(12-10-21)24(28)30-16-14-20(2)18-26(6,7)8/h19-22H,9-18H2,1-8H3/t19-,20+,21?,22?. The molecule has 4 heteroatoms. The molecule has 0 amide bonds. The number of hydrogen-bond donors (Lipinski definition) is 0. The van der Waals surface area contributed by atoms with Gasteiger partial charge in [-0.05, 0) is 74.0 Å². The van der Waals surface area contributed by atoms with Gasteiger partial charge in [0, 0.05) is 0 Å². The molecule has 0 spiro atoms. The van der Waals surface area contributed by atoms with Crippen molar-refractivity contribution in [2.75, 3.05) is 13.2 Å². The lowest BCUT2D eigenvalue weighted by Crippen LogP contribution is -2.29. The zero-order valence-electron chi connectivity index (χ0n) is 21.0. The summed E-state index contributed by atoms with van der Waals surface area (Å²) in [5, 5.41) is 0. The van der Waals surface area contributed by atoms with Crippen molar-refractivity contribution in [1.82, 2.24) is 0 Å². The number of carbonyl (C=O) groups is 2. The van der Waals surface area contributed by atoms with Crippen molar-refractivity contribution in [3.05, 3.63) is 0 Å². The van der Waals surface area contributed by atoms with Crippen molar-refractivity contribution in [3.63, 3.8) is 0 Å². The van der Waals surface area contributed by atoms with Crippen LogP contribution in [0.25, 0.3) is 0 Å². The van der Waals surface area contributed by atoms with Crippen LogP contribution >= 0.6 is 0 Å². The molecule has 1 saturated carbocycles. The summed E-state index contributed by atoms with van der Waals surface area (Å²) in [6, 6.07) is 0. The van der Waals surface area contributed by atoms with Gasteiger partial charge in [-0.1, -0.05) is 55.4 Å². The Morgan fingerprint density at radius 3 is 1.27 bits per heavy atom. The molecule has 176 valence electrons. The lowest BCUT2D eigenvalue weighted by atomic mass is 9.82. The highest BCUT2D eigenvalue weighted by Crippen LogP contribution is 2.31. The van der Waals surface area contributed by atoms with E-state index in [-0.39, 0.29) is 23.8 Å². The minimum Gasteiger partial charge on any atom is -0.465 e. The molecule has 0 N–H and O–H groups in total. The van der Waals surface area contributed by atoms with Gasteiger partial charge >= 0.3 is 11.9 Å². The number of rotatable bonds is 10. The first-order valence-electron chi connectivity index (χ1n) is 12.1. The van der Waals surface area contributed by atoms with Gasteiger partial charge in [0.15, 0.2) is 0 Å². The lowest BCUT2D eigenvalue weighted by molar-refractivity contribution is -0.155. The van der Waals surface area contributed by atoms with Gasteiger partial charge in [0.25, 0.3) is 0 Å². The van der Waals surface area contributed by atoms with E-state index in [1.165, 1.54) is 0 Å². The van der Waals surface area contributed by atoms with Gasteiger partial charge in [-0.3, -0.25) is 9.59 Å². The molecule has 0 aromatic carbocycles. The Bertz CT molecular complexity index is 470. The van der Waals surface area contributed by atoms with E-state index in [0.29, 0.717) is 35.9 Å². The van der Waals surface area contributed by atoms with Crippen LogP contribution in [-0.2, 0) is 19.1 Å². The zero-order chi connectivity index (χ0) is 22.9. The third kappa shape index (κ3) is 12.0. The van der Waals surface area contributed by atoms with E-state index in [4.69, 9.17) is 9.47 Å². The van der Waals surface area contributed by atoms with Gasteiger partial charge in [0.05, 0.1) is 25.0 Å².